The summed E-state index contributed by atoms with van der Waals surface area (Å²) >= 11 is 0. The predicted octanol–water partition coefficient (Wildman–Crippen LogP) is -1.43. The minimum absolute atomic E-state index is 0.521. The standard InChI is InChI=1S/C6H7BN4/c7-5-2-1-4-6(8)9-3-10-11(4)5/h1-3H,7H2,(H2,8,9,10). The first-order valence-corrected chi connectivity index (χ1v) is 3.34. The van der Waals surface area contributed by atoms with Crippen LogP contribution in [0.4, 0.5) is 5.82 Å². The Morgan fingerprint density at radius 2 is 2.27 bits per heavy atom. The third-order valence-electron chi connectivity index (χ3n) is 1.67. The molecule has 4 nitrogen and oxygen atoms in total. The molecule has 54 valence electrons. The Kier molecular flexibility index (Phi) is 1.12. The lowest BCUT2D eigenvalue weighted by Gasteiger charge is -1.96. The summed E-state index contributed by atoms with van der Waals surface area (Å²) in [5.41, 5.74) is 7.53. The lowest BCUT2D eigenvalue weighted by atomic mass is 10.1. The van der Waals surface area contributed by atoms with Gasteiger partial charge >= 0.3 is 0 Å². The molecule has 2 N–H and O–H groups in total. The van der Waals surface area contributed by atoms with E-state index in [2.05, 4.69) is 10.1 Å². The summed E-state index contributed by atoms with van der Waals surface area (Å²) < 4.78 is 1.77. The number of nitrogens with zero attached hydrogens (tertiary/aromatic N) is 3. The van der Waals surface area contributed by atoms with Gasteiger partial charge in [0.25, 0.3) is 0 Å². The van der Waals surface area contributed by atoms with Gasteiger partial charge in [-0.15, -0.1) is 0 Å². The molecule has 2 aromatic rings. The molecule has 5 heteroatoms. The Labute approximate surface area is 64.4 Å². The van der Waals surface area contributed by atoms with Crippen LogP contribution in [0.25, 0.3) is 5.52 Å². The van der Waals surface area contributed by atoms with Crippen molar-refractivity contribution in [2.75, 3.05) is 5.73 Å². The van der Waals surface area contributed by atoms with Crippen LogP contribution in [0.5, 0.6) is 0 Å². The minimum Gasteiger partial charge on any atom is -0.382 e. The van der Waals surface area contributed by atoms with Crippen molar-refractivity contribution in [3.8, 4) is 0 Å². The van der Waals surface area contributed by atoms with Crippen molar-refractivity contribution in [2.45, 2.75) is 0 Å². The van der Waals surface area contributed by atoms with Gasteiger partial charge in [0.2, 0.25) is 0 Å². The predicted molar refractivity (Wildman–Crippen MR) is 45.6 cm³/mol. The summed E-state index contributed by atoms with van der Waals surface area (Å²) in [5, 5.41) is 4.03. The highest BCUT2D eigenvalue weighted by molar-refractivity contribution is 6.31. The number of nitrogens with two attached hydrogens (primary N) is 1. The quantitative estimate of drug-likeness (QED) is 0.463. The van der Waals surface area contributed by atoms with Gasteiger partial charge in [-0.3, -0.25) is 0 Å². The molecular weight excluding hydrogens is 139 g/mol. The second-order valence-electron chi connectivity index (χ2n) is 2.42. The van der Waals surface area contributed by atoms with E-state index in [1.54, 1.807) is 4.52 Å². The first kappa shape index (κ1) is 6.21. The lowest BCUT2D eigenvalue weighted by molar-refractivity contribution is 0.929. The number of fused-ring (bicyclic) bond motifs is 1. The van der Waals surface area contributed by atoms with Crippen LogP contribution in [0.3, 0.4) is 0 Å². The minimum atomic E-state index is 0.521. The summed E-state index contributed by atoms with van der Waals surface area (Å²) in [6.07, 6.45) is 1.45. The van der Waals surface area contributed by atoms with Crippen LogP contribution in [0.1, 0.15) is 0 Å². The third kappa shape index (κ3) is 0.773. The van der Waals surface area contributed by atoms with Gasteiger partial charge in [0, 0.05) is 0 Å². The van der Waals surface area contributed by atoms with Crippen LogP contribution in [-0.4, -0.2) is 22.4 Å². The zero-order valence-electron chi connectivity index (χ0n) is 6.15. The summed E-state index contributed by atoms with van der Waals surface area (Å²) in [6, 6.07) is 3.87. The Morgan fingerprint density at radius 3 is 3.00 bits per heavy atom. The third-order valence-corrected chi connectivity index (χ3v) is 1.67. The van der Waals surface area contributed by atoms with Gasteiger partial charge in [-0.2, -0.15) is 5.10 Å². The molecule has 0 unspecified atom stereocenters. The van der Waals surface area contributed by atoms with Crippen LogP contribution < -0.4 is 11.3 Å². The topological polar surface area (TPSA) is 56.2 Å². The molecular formula is C6H7BN4. The number of rotatable bonds is 0. The zero-order valence-corrected chi connectivity index (χ0v) is 6.15. The second-order valence-corrected chi connectivity index (χ2v) is 2.42. The molecule has 0 aliphatic carbocycles. The maximum atomic E-state index is 5.60. The van der Waals surface area contributed by atoms with Crippen LogP contribution in [0.15, 0.2) is 18.5 Å². The Morgan fingerprint density at radius 1 is 1.45 bits per heavy atom. The zero-order chi connectivity index (χ0) is 7.84. The summed E-state index contributed by atoms with van der Waals surface area (Å²) in [4.78, 5) is 3.87. The molecule has 11 heavy (non-hydrogen) atoms. The van der Waals surface area contributed by atoms with Crippen molar-refractivity contribution in [1.82, 2.24) is 14.6 Å². The maximum absolute atomic E-state index is 5.60. The van der Waals surface area contributed by atoms with Gasteiger partial charge in [0.15, 0.2) is 13.7 Å². The van der Waals surface area contributed by atoms with Crippen molar-refractivity contribution >= 4 is 24.8 Å². The number of aromatic nitrogens is 3. The first-order valence-electron chi connectivity index (χ1n) is 3.34. The molecule has 0 spiro atoms. The van der Waals surface area contributed by atoms with Crippen LogP contribution >= 0.6 is 0 Å². The monoisotopic (exact) mass is 146 g/mol. The van der Waals surface area contributed by atoms with Gasteiger partial charge in [0.1, 0.15) is 11.8 Å². The molecule has 0 fully saturated rings. The van der Waals surface area contributed by atoms with Gasteiger partial charge in [0.05, 0.1) is 0 Å². The van der Waals surface area contributed by atoms with Crippen LogP contribution in [-0.2, 0) is 0 Å². The smallest absolute Gasteiger partial charge is 0.164 e. The molecule has 0 amide bonds. The molecule has 0 aliphatic rings. The molecule has 2 rings (SSSR count). The average molecular weight is 146 g/mol. The van der Waals surface area contributed by atoms with Gasteiger partial charge < -0.3 is 5.73 Å². The molecule has 0 aromatic carbocycles. The Balaban J connectivity index is 2.94. The largest absolute Gasteiger partial charge is 0.382 e. The van der Waals surface area contributed by atoms with Crippen molar-refractivity contribution < 1.29 is 0 Å². The van der Waals surface area contributed by atoms with Crippen LogP contribution in [0.2, 0.25) is 0 Å². The Bertz CT molecular complexity index is 394. The highest BCUT2D eigenvalue weighted by Gasteiger charge is 2.00. The van der Waals surface area contributed by atoms with E-state index in [-0.39, 0.29) is 0 Å². The molecule has 0 radical (unpaired) electrons. The molecule has 2 heterocycles. The van der Waals surface area contributed by atoms with Crippen molar-refractivity contribution in [2.24, 2.45) is 0 Å². The van der Waals surface area contributed by atoms with E-state index >= 15 is 0 Å². The summed E-state index contributed by atoms with van der Waals surface area (Å²) in [7, 11) is 1.97. The van der Waals surface area contributed by atoms with E-state index < -0.39 is 0 Å². The number of hydrogen-bond acceptors (Lipinski definition) is 3. The van der Waals surface area contributed by atoms with E-state index in [0.29, 0.717) is 5.82 Å². The van der Waals surface area contributed by atoms with E-state index in [1.165, 1.54) is 6.33 Å². The molecule has 0 saturated carbocycles. The molecule has 0 atom stereocenters. The molecule has 2 aromatic heterocycles. The average Bonchev–Trinajstić information content (AvgIpc) is 2.35. The summed E-state index contributed by atoms with van der Waals surface area (Å²) in [5.74, 6) is 0.521. The molecule has 0 saturated heterocycles. The van der Waals surface area contributed by atoms with E-state index in [0.717, 1.165) is 11.1 Å². The van der Waals surface area contributed by atoms with Gasteiger partial charge in [-0.1, -0.05) is 0 Å². The van der Waals surface area contributed by atoms with Crippen LogP contribution in [0, 0.1) is 0 Å². The first-order chi connectivity index (χ1) is 5.29. The van der Waals surface area contributed by atoms with E-state index in [4.69, 9.17) is 5.73 Å². The Hall–Kier alpha value is -1.52. The highest BCUT2D eigenvalue weighted by atomic mass is 15.2. The van der Waals surface area contributed by atoms with Crippen molar-refractivity contribution in [3.05, 3.63) is 18.5 Å². The maximum Gasteiger partial charge on any atom is 0.164 e. The van der Waals surface area contributed by atoms with Gasteiger partial charge in [-0.05, 0) is 17.7 Å². The van der Waals surface area contributed by atoms with Crippen molar-refractivity contribution in [1.29, 1.82) is 0 Å². The molecule has 0 aliphatic heterocycles. The summed E-state index contributed by atoms with van der Waals surface area (Å²) in [6.45, 7) is 0. The normalized spacial score (nSPS) is 10.5. The fourth-order valence-electron chi connectivity index (χ4n) is 1.08. The second kappa shape index (κ2) is 1.98. The van der Waals surface area contributed by atoms with Gasteiger partial charge in [-0.25, -0.2) is 9.50 Å². The van der Waals surface area contributed by atoms with Crippen molar-refractivity contribution in [3.63, 3.8) is 0 Å². The molecule has 0 bridgehead atoms. The fraction of sp³-hybridized carbons (Fsp3) is 0. The lowest BCUT2D eigenvalue weighted by Crippen LogP contribution is -2.13. The number of nitrogen functional groups attached to an aromatic ring is 1. The van der Waals surface area contributed by atoms with E-state index in [9.17, 15) is 0 Å². The van der Waals surface area contributed by atoms with E-state index in [1.807, 2.05) is 20.0 Å². The number of hydrogen-bond donors (Lipinski definition) is 1. The fourth-order valence-corrected chi connectivity index (χ4v) is 1.08. The SMILES string of the molecule is Bc1ccc2c(N)ncnn12. The number of anilines is 1. The highest BCUT2D eigenvalue weighted by Crippen LogP contribution is 2.05.